The molecular weight excluding hydrogens is 444 g/mol. The van der Waals surface area contributed by atoms with Crippen LogP contribution >= 0.6 is 11.3 Å². The Kier molecular flexibility index (Phi) is 6.57. The summed E-state index contributed by atoms with van der Waals surface area (Å²) in [5, 5.41) is 13.0. The first-order valence-electron chi connectivity index (χ1n) is 10.9. The number of carbonyl (C=O) groups excluding carboxylic acids is 4. The van der Waals surface area contributed by atoms with Crippen LogP contribution in [0.2, 0.25) is 0 Å². The molecule has 174 valence electrons. The van der Waals surface area contributed by atoms with Gasteiger partial charge in [-0.15, -0.1) is 11.3 Å². The molecule has 2 aliphatic heterocycles. The Balaban J connectivity index is 1.39. The van der Waals surface area contributed by atoms with E-state index in [0.717, 1.165) is 26.6 Å². The number of hydrogen-bond donors (Lipinski definition) is 2. The third-order valence-electron chi connectivity index (χ3n) is 6.13. The maximum Gasteiger partial charge on any atom is 0.246 e. The van der Waals surface area contributed by atoms with Crippen LogP contribution in [0, 0.1) is 6.92 Å². The van der Waals surface area contributed by atoms with Gasteiger partial charge in [-0.2, -0.15) is 0 Å². The maximum absolute atomic E-state index is 13.0. The first kappa shape index (κ1) is 23.1. The summed E-state index contributed by atoms with van der Waals surface area (Å²) in [6, 6.07) is 5.94. The van der Waals surface area contributed by atoms with Crippen LogP contribution < -0.4 is 5.32 Å². The van der Waals surface area contributed by atoms with Gasteiger partial charge in [0, 0.05) is 32.4 Å². The van der Waals surface area contributed by atoms with Crippen molar-refractivity contribution in [2.75, 3.05) is 6.54 Å². The van der Waals surface area contributed by atoms with E-state index in [4.69, 9.17) is 0 Å². The van der Waals surface area contributed by atoms with Crippen molar-refractivity contribution in [3.8, 4) is 10.4 Å². The number of aliphatic hydroxyl groups excluding tert-OH is 1. The van der Waals surface area contributed by atoms with E-state index >= 15 is 0 Å². The summed E-state index contributed by atoms with van der Waals surface area (Å²) in [6.07, 6.45) is -0.561. The monoisotopic (exact) mass is 470 g/mol. The van der Waals surface area contributed by atoms with Crippen molar-refractivity contribution in [3.63, 3.8) is 0 Å². The Morgan fingerprint density at radius 3 is 2.48 bits per heavy atom. The molecule has 0 bridgehead atoms. The lowest BCUT2D eigenvalue weighted by Gasteiger charge is -2.30. The van der Waals surface area contributed by atoms with Gasteiger partial charge in [0.25, 0.3) is 0 Å². The molecule has 10 heteroatoms. The number of imide groups is 1. The zero-order valence-corrected chi connectivity index (χ0v) is 19.3. The van der Waals surface area contributed by atoms with Gasteiger partial charge in [-0.05, 0) is 25.0 Å². The van der Waals surface area contributed by atoms with E-state index < -0.39 is 35.9 Å². The zero-order chi connectivity index (χ0) is 23.7. The number of aliphatic hydroxyl groups is 1. The predicted molar refractivity (Wildman–Crippen MR) is 121 cm³/mol. The summed E-state index contributed by atoms with van der Waals surface area (Å²) in [5.41, 5.74) is 4.73. The van der Waals surface area contributed by atoms with Gasteiger partial charge in [0.15, 0.2) is 0 Å². The van der Waals surface area contributed by atoms with E-state index in [2.05, 4.69) is 10.3 Å². The number of hydrogen-bond acceptors (Lipinski definition) is 7. The number of carbonyl (C=O) groups is 4. The minimum atomic E-state index is -1.00. The number of thiazole rings is 1. The van der Waals surface area contributed by atoms with E-state index in [1.54, 1.807) is 16.8 Å². The van der Waals surface area contributed by atoms with Crippen molar-refractivity contribution in [1.82, 2.24) is 20.1 Å². The highest BCUT2D eigenvalue weighted by molar-refractivity contribution is 7.13. The fourth-order valence-electron chi connectivity index (χ4n) is 4.34. The van der Waals surface area contributed by atoms with Crippen LogP contribution in [0.1, 0.15) is 37.4 Å². The molecule has 33 heavy (non-hydrogen) atoms. The Bertz CT molecular complexity index is 1070. The molecular formula is C23H26N4O5S. The second-order valence-electron chi connectivity index (χ2n) is 8.41. The Labute approximate surface area is 195 Å². The molecule has 0 saturated carbocycles. The highest BCUT2D eigenvalue weighted by Gasteiger charge is 2.44. The van der Waals surface area contributed by atoms with Crippen LogP contribution in [-0.4, -0.2) is 68.3 Å². The van der Waals surface area contributed by atoms with Crippen LogP contribution in [0.15, 0.2) is 29.8 Å². The third-order valence-corrected chi connectivity index (χ3v) is 7.11. The molecule has 4 rings (SSSR count). The maximum atomic E-state index is 13.0. The van der Waals surface area contributed by atoms with Crippen LogP contribution in [0.4, 0.5) is 0 Å². The standard InChI is InChI=1S/C23H26N4O5S/c1-13-21(33-12-25-13)16-5-3-15(4-6-16)10-24-22(31)18-9-17(28)11-26(18)23(32)14(2)27-19(29)7-8-20(27)30/h3-6,12,14,17-18,28H,7-11H2,1-2H3,(H,24,31)/t14?,17-,18+/m1/s1. The SMILES string of the molecule is Cc1ncsc1-c1ccc(CNC(=O)[C@@H]2C[C@@H](O)CN2C(=O)C(C)N2C(=O)CCC2=O)cc1. The minimum absolute atomic E-state index is 0.0135. The van der Waals surface area contributed by atoms with Crippen molar-refractivity contribution >= 4 is 35.0 Å². The highest BCUT2D eigenvalue weighted by Crippen LogP contribution is 2.27. The van der Waals surface area contributed by atoms with E-state index in [9.17, 15) is 24.3 Å². The molecule has 2 N–H and O–H groups in total. The first-order valence-corrected chi connectivity index (χ1v) is 11.7. The van der Waals surface area contributed by atoms with Gasteiger partial charge >= 0.3 is 0 Å². The molecule has 2 saturated heterocycles. The molecule has 3 atom stereocenters. The normalized spacial score (nSPS) is 21.5. The second kappa shape index (κ2) is 9.40. The van der Waals surface area contributed by atoms with Crippen molar-refractivity contribution in [3.05, 3.63) is 41.0 Å². The Morgan fingerprint density at radius 1 is 1.21 bits per heavy atom. The minimum Gasteiger partial charge on any atom is -0.391 e. The number of nitrogens with one attached hydrogen (secondary N) is 1. The lowest BCUT2D eigenvalue weighted by atomic mass is 10.1. The Morgan fingerprint density at radius 2 is 1.88 bits per heavy atom. The van der Waals surface area contributed by atoms with Crippen molar-refractivity contribution < 1.29 is 24.3 Å². The average Bonchev–Trinajstić information content (AvgIpc) is 3.50. The lowest BCUT2D eigenvalue weighted by Crippen LogP contribution is -2.53. The summed E-state index contributed by atoms with van der Waals surface area (Å²) < 4.78 is 0. The average molecular weight is 471 g/mol. The van der Waals surface area contributed by atoms with Gasteiger partial charge < -0.3 is 15.3 Å². The number of aromatic nitrogens is 1. The number of amides is 4. The molecule has 9 nitrogen and oxygen atoms in total. The summed E-state index contributed by atoms with van der Waals surface area (Å²) >= 11 is 1.57. The highest BCUT2D eigenvalue weighted by atomic mass is 32.1. The molecule has 0 radical (unpaired) electrons. The predicted octanol–water partition coefficient (Wildman–Crippen LogP) is 1.23. The van der Waals surface area contributed by atoms with Crippen molar-refractivity contribution in [2.45, 2.75) is 57.8 Å². The number of β-amino-alcohol motifs (C(OH)–C–C–N with tert-alkyl or cyclic N) is 1. The molecule has 2 fully saturated rings. The summed E-state index contributed by atoms with van der Waals surface area (Å²) in [5.74, 6) is -1.68. The quantitative estimate of drug-likeness (QED) is 0.613. The molecule has 0 spiro atoms. The fourth-order valence-corrected chi connectivity index (χ4v) is 5.15. The molecule has 0 aliphatic carbocycles. The van der Waals surface area contributed by atoms with Gasteiger partial charge in [0.2, 0.25) is 23.6 Å². The fraction of sp³-hybridized carbons (Fsp3) is 0.435. The van der Waals surface area contributed by atoms with E-state index in [0.29, 0.717) is 0 Å². The van der Waals surface area contributed by atoms with Gasteiger partial charge in [0.1, 0.15) is 12.1 Å². The van der Waals surface area contributed by atoms with Gasteiger partial charge in [-0.3, -0.25) is 24.1 Å². The molecule has 1 aromatic carbocycles. The van der Waals surface area contributed by atoms with E-state index in [-0.39, 0.29) is 38.3 Å². The van der Waals surface area contributed by atoms with Gasteiger partial charge in [0.05, 0.1) is 22.2 Å². The number of likely N-dealkylation sites (tertiary alicyclic amines) is 2. The number of aryl methyl sites for hydroxylation is 1. The molecule has 1 aromatic heterocycles. The molecule has 2 aromatic rings. The van der Waals surface area contributed by atoms with E-state index in [1.807, 2.05) is 31.2 Å². The van der Waals surface area contributed by atoms with Crippen molar-refractivity contribution in [1.29, 1.82) is 0 Å². The first-order chi connectivity index (χ1) is 15.8. The number of benzene rings is 1. The lowest BCUT2D eigenvalue weighted by molar-refractivity contribution is -0.151. The Hall–Kier alpha value is -3.11. The van der Waals surface area contributed by atoms with E-state index in [1.165, 1.54) is 11.8 Å². The molecule has 1 unspecified atom stereocenters. The molecule has 4 amide bonds. The van der Waals surface area contributed by atoms with Gasteiger partial charge in [-0.25, -0.2) is 4.98 Å². The van der Waals surface area contributed by atoms with Crippen molar-refractivity contribution in [2.24, 2.45) is 0 Å². The number of nitrogens with zero attached hydrogens (tertiary/aromatic N) is 3. The topological polar surface area (TPSA) is 120 Å². The zero-order valence-electron chi connectivity index (χ0n) is 18.5. The van der Waals surface area contributed by atoms with Crippen LogP contribution in [0.5, 0.6) is 0 Å². The van der Waals surface area contributed by atoms with Crippen LogP contribution in [0.25, 0.3) is 10.4 Å². The van der Waals surface area contributed by atoms with Crippen LogP contribution in [0.3, 0.4) is 0 Å². The summed E-state index contributed by atoms with van der Waals surface area (Å²) in [6.45, 7) is 3.70. The molecule has 3 heterocycles. The number of rotatable bonds is 6. The smallest absolute Gasteiger partial charge is 0.246 e. The van der Waals surface area contributed by atoms with Gasteiger partial charge in [-0.1, -0.05) is 24.3 Å². The second-order valence-corrected chi connectivity index (χ2v) is 9.27. The van der Waals surface area contributed by atoms with Crippen LogP contribution in [-0.2, 0) is 25.7 Å². The largest absolute Gasteiger partial charge is 0.391 e. The molecule has 2 aliphatic rings. The third kappa shape index (κ3) is 4.67. The summed E-state index contributed by atoms with van der Waals surface area (Å²) in [7, 11) is 0. The summed E-state index contributed by atoms with van der Waals surface area (Å²) in [4.78, 5) is 57.5.